The molecule has 0 fully saturated rings. The molecule has 0 spiro atoms. The first kappa shape index (κ1) is 33.3. The fourth-order valence-corrected chi connectivity index (χ4v) is 6.10. The fourth-order valence-electron chi connectivity index (χ4n) is 4.68. The summed E-state index contributed by atoms with van der Waals surface area (Å²) in [6.07, 6.45) is 0. The number of nitrogens with zero attached hydrogens (tertiary/aromatic N) is 2. The van der Waals surface area contributed by atoms with Crippen LogP contribution >= 0.6 is 0 Å². The number of rotatable bonds is 13. The van der Waals surface area contributed by atoms with E-state index in [9.17, 15) is 18.0 Å². The van der Waals surface area contributed by atoms with Gasteiger partial charge in [0.25, 0.3) is 10.0 Å². The number of carbonyl (C=O) groups is 2. The van der Waals surface area contributed by atoms with Gasteiger partial charge in [-0.3, -0.25) is 13.9 Å². The molecule has 0 saturated carbocycles. The maximum atomic E-state index is 14.2. The Morgan fingerprint density at radius 3 is 2.07 bits per heavy atom. The average molecular weight is 612 g/mol. The minimum Gasteiger partial charge on any atom is -0.497 e. The molecule has 0 heterocycles. The topological polar surface area (TPSA) is 114 Å². The molecule has 3 aromatic rings. The molecule has 0 aliphatic carbocycles. The SMILES string of the molecule is COc1cccc(CN(C(=O)CN(c2cc(C)cc(C)c2)S(=O)(=O)c2ccc(OC)c(OC)c2)C(C)C(=O)NC(C)C)c1. The van der Waals surface area contributed by atoms with Crippen LogP contribution in [0.4, 0.5) is 5.69 Å². The summed E-state index contributed by atoms with van der Waals surface area (Å²) in [6, 6.07) is 15.7. The smallest absolute Gasteiger partial charge is 0.264 e. The highest BCUT2D eigenvalue weighted by Crippen LogP contribution is 2.33. The fraction of sp³-hybridized carbons (Fsp3) is 0.375. The minimum atomic E-state index is -4.29. The first-order chi connectivity index (χ1) is 20.3. The van der Waals surface area contributed by atoms with Crippen LogP contribution in [0.25, 0.3) is 0 Å². The lowest BCUT2D eigenvalue weighted by atomic mass is 10.1. The zero-order valence-electron chi connectivity index (χ0n) is 26.0. The Bertz CT molecular complexity index is 1540. The molecule has 0 aliphatic rings. The summed E-state index contributed by atoms with van der Waals surface area (Å²) in [7, 11) is 0.125. The second kappa shape index (κ2) is 14.3. The first-order valence-corrected chi connectivity index (χ1v) is 15.3. The zero-order valence-corrected chi connectivity index (χ0v) is 26.8. The number of nitrogens with one attached hydrogen (secondary N) is 1. The van der Waals surface area contributed by atoms with Gasteiger partial charge in [0.2, 0.25) is 11.8 Å². The molecule has 1 unspecified atom stereocenters. The van der Waals surface area contributed by atoms with Gasteiger partial charge < -0.3 is 24.4 Å². The lowest BCUT2D eigenvalue weighted by molar-refractivity contribution is -0.139. The van der Waals surface area contributed by atoms with Gasteiger partial charge in [-0.1, -0.05) is 18.2 Å². The summed E-state index contributed by atoms with van der Waals surface area (Å²) >= 11 is 0. The van der Waals surface area contributed by atoms with Gasteiger partial charge in [0, 0.05) is 18.7 Å². The van der Waals surface area contributed by atoms with Gasteiger partial charge in [0.15, 0.2) is 11.5 Å². The van der Waals surface area contributed by atoms with Crippen LogP contribution in [0.15, 0.2) is 65.6 Å². The van der Waals surface area contributed by atoms with Gasteiger partial charge in [-0.25, -0.2) is 8.42 Å². The summed E-state index contributed by atoms with van der Waals surface area (Å²) < 4.78 is 45.5. The second-order valence-corrected chi connectivity index (χ2v) is 12.4. The molecule has 11 heteroatoms. The molecular formula is C32H41N3O7S. The van der Waals surface area contributed by atoms with E-state index in [-0.39, 0.29) is 29.1 Å². The van der Waals surface area contributed by atoms with Crippen molar-refractivity contribution in [3.8, 4) is 17.2 Å². The summed E-state index contributed by atoms with van der Waals surface area (Å²) in [5.41, 5.74) is 2.69. The Kier molecular flexibility index (Phi) is 11.0. The average Bonchev–Trinajstić information content (AvgIpc) is 2.96. The molecule has 0 aliphatic heterocycles. The Hall–Kier alpha value is -4.25. The summed E-state index contributed by atoms with van der Waals surface area (Å²) in [5, 5.41) is 2.85. The summed E-state index contributed by atoms with van der Waals surface area (Å²) in [5.74, 6) is 0.278. The molecule has 0 aromatic heterocycles. The summed E-state index contributed by atoms with van der Waals surface area (Å²) in [4.78, 5) is 28.6. The Labute approximate surface area is 254 Å². The van der Waals surface area contributed by atoms with Crippen molar-refractivity contribution >= 4 is 27.5 Å². The van der Waals surface area contributed by atoms with E-state index in [2.05, 4.69) is 5.32 Å². The number of methoxy groups -OCH3 is 3. The van der Waals surface area contributed by atoms with Gasteiger partial charge in [-0.2, -0.15) is 0 Å². The van der Waals surface area contributed by atoms with Crippen molar-refractivity contribution in [2.24, 2.45) is 0 Å². The van der Waals surface area contributed by atoms with Gasteiger partial charge in [-0.15, -0.1) is 0 Å². The van der Waals surface area contributed by atoms with E-state index in [1.54, 1.807) is 44.4 Å². The lowest BCUT2D eigenvalue weighted by Crippen LogP contribution is -2.52. The zero-order chi connectivity index (χ0) is 31.9. The predicted molar refractivity (Wildman–Crippen MR) is 166 cm³/mol. The van der Waals surface area contributed by atoms with Crippen molar-refractivity contribution < 1.29 is 32.2 Å². The standard InChI is InChI=1S/C32H41N3O7S/c1-21(2)33-32(37)24(5)34(19-25-10-9-11-27(17-25)40-6)31(36)20-35(26-15-22(3)14-23(4)16-26)43(38,39)28-12-13-29(41-7)30(18-28)42-8/h9-18,21,24H,19-20H2,1-8H3,(H,33,37). The van der Waals surface area contributed by atoms with Crippen molar-refractivity contribution in [1.29, 1.82) is 0 Å². The maximum Gasteiger partial charge on any atom is 0.264 e. The molecule has 232 valence electrons. The quantitative estimate of drug-likeness (QED) is 0.303. The highest BCUT2D eigenvalue weighted by atomic mass is 32.2. The number of aryl methyl sites for hydroxylation is 2. The van der Waals surface area contributed by atoms with Gasteiger partial charge >= 0.3 is 0 Å². The predicted octanol–water partition coefficient (Wildman–Crippen LogP) is 4.47. The molecule has 0 bridgehead atoms. The van der Waals surface area contributed by atoms with Crippen LogP contribution in [0, 0.1) is 13.8 Å². The third-order valence-corrected chi connectivity index (χ3v) is 8.57. The molecule has 3 aromatic carbocycles. The van der Waals surface area contributed by atoms with E-state index >= 15 is 0 Å². The van der Waals surface area contributed by atoms with Crippen LogP contribution in [-0.4, -0.2) is 65.1 Å². The van der Waals surface area contributed by atoms with Crippen molar-refractivity contribution in [1.82, 2.24) is 10.2 Å². The van der Waals surface area contributed by atoms with E-state index in [1.807, 2.05) is 39.8 Å². The molecule has 0 radical (unpaired) electrons. The highest BCUT2D eigenvalue weighted by molar-refractivity contribution is 7.92. The third kappa shape index (κ3) is 8.19. The molecule has 2 amide bonds. The summed E-state index contributed by atoms with van der Waals surface area (Å²) in [6.45, 7) is 8.50. The third-order valence-electron chi connectivity index (χ3n) is 6.80. The van der Waals surface area contributed by atoms with E-state index < -0.39 is 28.5 Å². The van der Waals surface area contributed by atoms with Crippen LogP contribution in [0.2, 0.25) is 0 Å². The molecule has 0 saturated heterocycles. The van der Waals surface area contributed by atoms with Crippen LogP contribution in [0.3, 0.4) is 0 Å². The number of ether oxygens (including phenoxy) is 3. The van der Waals surface area contributed by atoms with Crippen LogP contribution in [0.5, 0.6) is 17.2 Å². The van der Waals surface area contributed by atoms with Crippen molar-refractivity contribution in [2.75, 3.05) is 32.2 Å². The Morgan fingerprint density at radius 1 is 0.837 bits per heavy atom. The lowest BCUT2D eigenvalue weighted by Gasteiger charge is -2.32. The second-order valence-electron chi connectivity index (χ2n) is 10.6. The van der Waals surface area contributed by atoms with Crippen LogP contribution < -0.4 is 23.8 Å². The van der Waals surface area contributed by atoms with E-state index in [0.29, 0.717) is 17.2 Å². The normalized spacial score (nSPS) is 11.9. The molecule has 43 heavy (non-hydrogen) atoms. The van der Waals surface area contributed by atoms with Crippen molar-refractivity contribution in [3.63, 3.8) is 0 Å². The van der Waals surface area contributed by atoms with Crippen molar-refractivity contribution in [3.05, 3.63) is 77.4 Å². The van der Waals surface area contributed by atoms with Crippen LogP contribution in [-0.2, 0) is 26.2 Å². The van der Waals surface area contributed by atoms with E-state index in [4.69, 9.17) is 14.2 Å². The number of carbonyl (C=O) groups excluding carboxylic acids is 2. The monoisotopic (exact) mass is 611 g/mol. The first-order valence-electron chi connectivity index (χ1n) is 13.9. The molecule has 3 rings (SSSR count). The Morgan fingerprint density at radius 2 is 1.49 bits per heavy atom. The van der Waals surface area contributed by atoms with Gasteiger partial charge in [-0.05, 0) is 87.7 Å². The molecule has 1 atom stereocenters. The number of hydrogen-bond donors (Lipinski definition) is 1. The number of hydrogen-bond acceptors (Lipinski definition) is 7. The number of benzene rings is 3. The van der Waals surface area contributed by atoms with Crippen molar-refractivity contribution in [2.45, 2.75) is 58.1 Å². The maximum absolute atomic E-state index is 14.2. The van der Waals surface area contributed by atoms with Gasteiger partial charge in [0.05, 0.1) is 31.9 Å². The van der Waals surface area contributed by atoms with E-state index in [0.717, 1.165) is 21.0 Å². The minimum absolute atomic E-state index is 0.0554. The molecule has 1 N–H and O–H groups in total. The number of amides is 2. The van der Waals surface area contributed by atoms with E-state index in [1.165, 1.54) is 37.3 Å². The largest absolute Gasteiger partial charge is 0.497 e. The molecule has 10 nitrogen and oxygen atoms in total. The van der Waals surface area contributed by atoms with Crippen LogP contribution in [0.1, 0.15) is 37.5 Å². The number of anilines is 1. The number of sulfonamides is 1. The Balaban J connectivity index is 2.12. The molecular weight excluding hydrogens is 570 g/mol. The van der Waals surface area contributed by atoms with Gasteiger partial charge in [0.1, 0.15) is 18.3 Å². The highest BCUT2D eigenvalue weighted by Gasteiger charge is 2.33.